The monoisotopic (exact) mass is 260 g/mol. The Kier molecular flexibility index (Phi) is 6.51. The quantitative estimate of drug-likeness (QED) is 0.703. The van der Waals surface area contributed by atoms with Gasteiger partial charge in [-0.05, 0) is 44.4 Å². The van der Waals surface area contributed by atoms with E-state index in [4.69, 9.17) is 0 Å². The van der Waals surface area contributed by atoms with Crippen molar-refractivity contribution in [3.05, 3.63) is 35.4 Å². The summed E-state index contributed by atoms with van der Waals surface area (Å²) in [7, 11) is 3.91. The SMILES string of the molecule is CCN(CC)Cc1cccc(C(=C=O)CN(C)C)c1. The summed E-state index contributed by atoms with van der Waals surface area (Å²) in [5, 5.41) is 0. The fraction of sp³-hybridized carbons (Fsp3) is 0.500. The molecule has 0 aliphatic rings. The van der Waals surface area contributed by atoms with Gasteiger partial charge in [-0.1, -0.05) is 32.0 Å². The Labute approximate surface area is 116 Å². The van der Waals surface area contributed by atoms with Crippen LogP contribution in [0.2, 0.25) is 0 Å². The highest BCUT2D eigenvalue weighted by Crippen LogP contribution is 2.15. The molecule has 0 fully saturated rings. The Morgan fingerprint density at radius 3 is 2.42 bits per heavy atom. The number of hydrogen-bond acceptors (Lipinski definition) is 3. The van der Waals surface area contributed by atoms with Crippen molar-refractivity contribution in [3.63, 3.8) is 0 Å². The van der Waals surface area contributed by atoms with Crippen molar-refractivity contribution in [2.75, 3.05) is 33.7 Å². The van der Waals surface area contributed by atoms with Crippen LogP contribution in [0.5, 0.6) is 0 Å². The largest absolute Gasteiger partial charge is 0.304 e. The molecule has 1 aromatic carbocycles. The molecule has 104 valence electrons. The molecule has 3 nitrogen and oxygen atoms in total. The van der Waals surface area contributed by atoms with Crippen molar-refractivity contribution >= 4 is 11.5 Å². The topological polar surface area (TPSA) is 23.6 Å². The molecule has 0 saturated carbocycles. The van der Waals surface area contributed by atoms with Crippen molar-refractivity contribution in [1.29, 1.82) is 0 Å². The lowest BCUT2D eigenvalue weighted by atomic mass is 10.0. The van der Waals surface area contributed by atoms with Crippen LogP contribution in [0.3, 0.4) is 0 Å². The van der Waals surface area contributed by atoms with E-state index >= 15 is 0 Å². The zero-order valence-corrected chi connectivity index (χ0v) is 12.4. The third kappa shape index (κ3) is 4.99. The summed E-state index contributed by atoms with van der Waals surface area (Å²) in [6.45, 7) is 7.95. The van der Waals surface area contributed by atoms with Gasteiger partial charge in [0.1, 0.15) is 5.94 Å². The molecule has 1 aromatic rings. The minimum absolute atomic E-state index is 0.623. The lowest BCUT2D eigenvalue weighted by molar-refractivity contribution is 0.296. The van der Waals surface area contributed by atoms with Gasteiger partial charge >= 0.3 is 0 Å². The summed E-state index contributed by atoms with van der Waals surface area (Å²) in [5.74, 6) is 2.07. The lowest BCUT2D eigenvalue weighted by Gasteiger charge is -2.18. The van der Waals surface area contributed by atoms with Crippen LogP contribution in [-0.2, 0) is 11.3 Å². The van der Waals surface area contributed by atoms with Gasteiger partial charge in [0, 0.05) is 13.1 Å². The van der Waals surface area contributed by atoms with Crippen LogP contribution in [0.25, 0.3) is 5.57 Å². The van der Waals surface area contributed by atoms with E-state index in [1.54, 1.807) is 0 Å². The molecular formula is C16H24N2O. The average molecular weight is 260 g/mol. The molecule has 0 atom stereocenters. The molecule has 0 bridgehead atoms. The van der Waals surface area contributed by atoms with E-state index in [0.717, 1.165) is 25.2 Å². The van der Waals surface area contributed by atoms with Crippen molar-refractivity contribution in [2.24, 2.45) is 0 Å². The summed E-state index contributed by atoms with van der Waals surface area (Å²) in [6, 6.07) is 8.21. The molecule has 0 radical (unpaired) electrons. The normalized spacial score (nSPS) is 10.8. The first kappa shape index (κ1) is 15.6. The van der Waals surface area contributed by atoms with Gasteiger partial charge in [-0.3, -0.25) is 4.90 Å². The van der Waals surface area contributed by atoms with Gasteiger partial charge in [-0.15, -0.1) is 0 Å². The van der Waals surface area contributed by atoms with Gasteiger partial charge in [0.2, 0.25) is 0 Å². The highest BCUT2D eigenvalue weighted by atomic mass is 16.1. The highest BCUT2D eigenvalue weighted by molar-refractivity contribution is 5.88. The number of carbonyl (C=O) groups excluding carboxylic acids is 1. The second kappa shape index (κ2) is 7.90. The average Bonchev–Trinajstić information content (AvgIpc) is 2.42. The zero-order valence-electron chi connectivity index (χ0n) is 12.4. The van der Waals surface area contributed by atoms with Crippen LogP contribution in [0.15, 0.2) is 24.3 Å². The van der Waals surface area contributed by atoms with Gasteiger partial charge < -0.3 is 4.90 Å². The first-order valence-electron chi connectivity index (χ1n) is 6.81. The second-order valence-electron chi connectivity index (χ2n) is 4.98. The van der Waals surface area contributed by atoms with E-state index < -0.39 is 0 Å². The molecule has 0 spiro atoms. The van der Waals surface area contributed by atoms with Gasteiger partial charge in [-0.25, -0.2) is 4.79 Å². The summed E-state index contributed by atoms with van der Waals surface area (Å²) in [4.78, 5) is 15.4. The highest BCUT2D eigenvalue weighted by Gasteiger charge is 2.07. The Morgan fingerprint density at radius 1 is 1.21 bits per heavy atom. The summed E-state index contributed by atoms with van der Waals surface area (Å²) < 4.78 is 0. The summed E-state index contributed by atoms with van der Waals surface area (Å²) in [6.07, 6.45) is 0. The predicted molar refractivity (Wildman–Crippen MR) is 80.7 cm³/mol. The Morgan fingerprint density at radius 2 is 1.89 bits per heavy atom. The number of likely N-dealkylation sites (N-methyl/N-ethyl adjacent to an activating group) is 1. The Balaban J connectivity index is 2.90. The van der Waals surface area contributed by atoms with Crippen molar-refractivity contribution in [1.82, 2.24) is 9.80 Å². The maximum atomic E-state index is 11.1. The molecule has 0 saturated heterocycles. The van der Waals surface area contributed by atoms with Crippen LogP contribution < -0.4 is 0 Å². The molecule has 0 unspecified atom stereocenters. The molecule has 0 aliphatic heterocycles. The Hall–Kier alpha value is -1.41. The maximum absolute atomic E-state index is 11.1. The van der Waals surface area contributed by atoms with Crippen molar-refractivity contribution in [3.8, 4) is 0 Å². The van der Waals surface area contributed by atoms with Crippen LogP contribution in [0, 0.1) is 0 Å². The number of rotatable bonds is 7. The van der Waals surface area contributed by atoms with Gasteiger partial charge in [0.05, 0.1) is 5.57 Å². The lowest BCUT2D eigenvalue weighted by Crippen LogP contribution is -2.22. The van der Waals surface area contributed by atoms with E-state index in [0.29, 0.717) is 12.1 Å². The standard InChI is InChI=1S/C16H24N2O/c1-5-18(6-2)11-14-8-7-9-15(10-14)16(13-19)12-17(3)4/h7-10H,5-6,11-12H2,1-4H3. The van der Waals surface area contributed by atoms with E-state index in [1.165, 1.54) is 5.56 Å². The number of nitrogens with zero attached hydrogens (tertiary/aromatic N) is 2. The van der Waals surface area contributed by atoms with Crippen molar-refractivity contribution < 1.29 is 4.79 Å². The van der Waals surface area contributed by atoms with Crippen LogP contribution in [0.1, 0.15) is 25.0 Å². The van der Waals surface area contributed by atoms with Crippen LogP contribution in [0.4, 0.5) is 0 Å². The summed E-state index contributed by atoms with van der Waals surface area (Å²) >= 11 is 0. The minimum atomic E-state index is 0.623. The first-order valence-corrected chi connectivity index (χ1v) is 6.81. The Bertz CT molecular complexity index is 444. The zero-order chi connectivity index (χ0) is 14.3. The maximum Gasteiger partial charge on any atom is 0.129 e. The first-order chi connectivity index (χ1) is 9.10. The molecule has 1 rings (SSSR count). The fourth-order valence-electron chi connectivity index (χ4n) is 2.06. The summed E-state index contributed by atoms with van der Waals surface area (Å²) in [5.41, 5.74) is 2.94. The van der Waals surface area contributed by atoms with E-state index in [1.807, 2.05) is 31.1 Å². The van der Waals surface area contributed by atoms with E-state index in [9.17, 15) is 4.79 Å². The smallest absolute Gasteiger partial charge is 0.129 e. The fourth-order valence-corrected chi connectivity index (χ4v) is 2.06. The molecule has 3 heteroatoms. The molecule has 0 aromatic heterocycles. The number of benzene rings is 1. The van der Waals surface area contributed by atoms with E-state index in [-0.39, 0.29) is 0 Å². The van der Waals surface area contributed by atoms with Gasteiger partial charge in [0.25, 0.3) is 0 Å². The van der Waals surface area contributed by atoms with Crippen LogP contribution >= 0.6 is 0 Å². The van der Waals surface area contributed by atoms with Gasteiger partial charge in [-0.2, -0.15) is 0 Å². The molecule has 19 heavy (non-hydrogen) atoms. The third-order valence-corrected chi connectivity index (χ3v) is 3.17. The number of hydrogen-bond donors (Lipinski definition) is 0. The van der Waals surface area contributed by atoms with E-state index in [2.05, 4.69) is 36.8 Å². The van der Waals surface area contributed by atoms with Crippen molar-refractivity contribution in [2.45, 2.75) is 20.4 Å². The van der Waals surface area contributed by atoms with Gasteiger partial charge in [0.15, 0.2) is 0 Å². The molecule has 0 N–H and O–H groups in total. The second-order valence-corrected chi connectivity index (χ2v) is 4.98. The van der Waals surface area contributed by atoms with Crippen LogP contribution in [-0.4, -0.2) is 49.5 Å². The predicted octanol–water partition coefficient (Wildman–Crippen LogP) is 2.31. The molecule has 0 heterocycles. The molecule has 0 amide bonds. The molecular weight excluding hydrogens is 236 g/mol. The third-order valence-electron chi connectivity index (χ3n) is 3.17. The minimum Gasteiger partial charge on any atom is -0.304 e. The molecule has 0 aliphatic carbocycles.